The molecule has 1 saturated carbocycles. The van der Waals surface area contributed by atoms with E-state index in [-0.39, 0.29) is 23.4 Å². The molecule has 8 nitrogen and oxygen atoms in total. The van der Waals surface area contributed by atoms with E-state index >= 15 is 0 Å². The lowest BCUT2D eigenvalue weighted by Gasteiger charge is -2.22. The molecular weight excluding hydrogens is 394 g/mol. The van der Waals surface area contributed by atoms with Crippen molar-refractivity contribution in [3.05, 3.63) is 74.7 Å². The number of nitrogens with zero attached hydrogens (tertiary/aromatic N) is 4. The van der Waals surface area contributed by atoms with Gasteiger partial charge in [-0.1, -0.05) is 42.1 Å². The van der Waals surface area contributed by atoms with E-state index in [1.807, 2.05) is 25.3 Å². The van der Waals surface area contributed by atoms with Gasteiger partial charge in [0.1, 0.15) is 17.0 Å². The van der Waals surface area contributed by atoms with Crippen LogP contribution in [0.5, 0.6) is 0 Å². The Morgan fingerprint density at radius 1 is 1.26 bits per heavy atom. The molecule has 0 unspecified atom stereocenters. The molecule has 8 heteroatoms. The highest BCUT2D eigenvalue weighted by Crippen LogP contribution is 2.29. The summed E-state index contributed by atoms with van der Waals surface area (Å²) in [6, 6.07) is 5.45. The van der Waals surface area contributed by atoms with Crippen molar-refractivity contribution >= 4 is 5.91 Å². The Morgan fingerprint density at radius 2 is 2.06 bits per heavy atom. The molecule has 1 aliphatic carbocycles. The van der Waals surface area contributed by atoms with Gasteiger partial charge in [0.05, 0.1) is 6.54 Å². The topological polar surface area (TPSA) is 103 Å². The Bertz CT molecular complexity index is 1110. The van der Waals surface area contributed by atoms with E-state index in [4.69, 9.17) is 4.63 Å². The lowest BCUT2D eigenvalue weighted by molar-refractivity contribution is 0.0946. The molecule has 0 aliphatic heterocycles. The van der Waals surface area contributed by atoms with Crippen LogP contribution >= 0.6 is 0 Å². The molecule has 0 saturated heterocycles. The highest BCUT2D eigenvalue weighted by Gasteiger charge is 2.25. The first-order valence-corrected chi connectivity index (χ1v) is 10.7. The number of aromatic nitrogens is 4. The van der Waals surface area contributed by atoms with E-state index in [9.17, 15) is 9.59 Å². The van der Waals surface area contributed by atoms with Crippen molar-refractivity contribution in [2.45, 2.75) is 59.0 Å². The summed E-state index contributed by atoms with van der Waals surface area (Å²) in [5.74, 6) is 0.0928. The molecule has 3 aromatic rings. The van der Waals surface area contributed by atoms with E-state index < -0.39 is 0 Å². The average molecular weight is 422 g/mol. The summed E-state index contributed by atoms with van der Waals surface area (Å²) in [4.78, 5) is 30.4. The van der Waals surface area contributed by atoms with Crippen LogP contribution in [0.3, 0.4) is 0 Å². The minimum absolute atomic E-state index is 0.160. The van der Waals surface area contributed by atoms with E-state index in [1.165, 1.54) is 12.8 Å². The Labute approximate surface area is 180 Å². The quantitative estimate of drug-likeness (QED) is 0.629. The first-order chi connectivity index (χ1) is 15.0. The van der Waals surface area contributed by atoms with E-state index in [2.05, 4.69) is 25.2 Å². The summed E-state index contributed by atoms with van der Waals surface area (Å²) >= 11 is 0. The van der Waals surface area contributed by atoms with Gasteiger partial charge in [-0.05, 0) is 37.8 Å². The third-order valence-electron chi connectivity index (χ3n) is 6.04. The third-order valence-corrected chi connectivity index (χ3v) is 6.04. The van der Waals surface area contributed by atoms with Crippen molar-refractivity contribution in [1.29, 1.82) is 0 Å². The first kappa shape index (κ1) is 21.0. The van der Waals surface area contributed by atoms with Crippen LogP contribution < -0.4 is 10.7 Å². The molecule has 0 spiro atoms. The predicted molar refractivity (Wildman–Crippen MR) is 115 cm³/mol. The van der Waals surface area contributed by atoms with E-state index in [0.717, 1.165) is 29.8 Å². The number of pyridine rings is 2. The highest BCUT2D eigenvalue weighted by atomic mass is 16.6. The fourth-order valence-electron chi connectivity index (χ4n) is 4.33. The number of hydrogen-bond acceptors (Lipinski definition) is 6. The number of carbonyl (C=O) groups excluding carboxylic acids is 1. The number of aryl methyl sites for hydroxylation is 2. The summed E-state index contributed by atoms with van der Waals surface area (Å²) in [6.45, 7) is 4.40. The monoisotopic (exact) mass is 421 g/mol. The average Bonchev–Trinajstić information content (AvgIpc) is 3.41. The van der Waals surface area contributed by atoms with Gasteiger partial charge in [0.15, 0.2) is 5.43 Å². The maximum atomic E-state index is 13.2. The minimum Gasteiger partial charge on any atom is -0.346 e. The molecule has 3 heterocycles. The van der Waals surface area contributed by atoms with Crippen LogP contribution in [0.4, 0.5) is 0 Å². The smallest absolute Gasteiger partial charge is 0.257 e. The number of rotatable bonds is 7. The summed E-state index contributed by atoms with van der Waals surface area (Å²) < 4.78 is 6.79. The number of carbonyl (C=O) groups is 1. The van der Waals surface area contributed by atoms with Crippen LogP contribution in [0, 0.1) is 19.8 Å². The third kappa shape index (κ3) is 4.73. The molecule has 1 amide bonds. The van der Waals surface area contributed by atoms with Gasteiger partial charge in [0, 0.05) is 36.4 Å². The molecule has 1 N–H and O–H groups in total. The SMILES string of the molecule is Cc1nonc1CNC(=O)c1c(CC2CCCC2)n(Cc2cccnc2)c(C)cc1=O. The second-order valence-corrected chi connectivity index (χ2v) is 8.25. The van der Waals surface area contributed by atoms with Crippen molar-refractivity contribution in [3.63, 3.8) is 0 Å². The predicted octanol–water partition coefficient (Wildman–Crippen LogP) is 2.95. The zero-order valence-electron chi connectivity index (χ0n) is 17.9. The Hall–Kier alpha value is -3.29. The fourth-order valence-corrected chi connectivity index (χ4v) is 4.33. The molecule has 4 rings (SSSR count). The fraction of sp³-hybridized carbons (Fsp3) is 0.435. The van der Waals surface area contributed by atoms with E-state index in [0.29, 0.717) is 30.3 Å². The maximum Gasteiger partial charge on any atom is 0.257 e. The molecule has 1 aliphatic rings. The Balaban J connectivity index is 1.71. The standard InChI is InChI=1S/C23H27N5O3/c1-15-10-21(29)22(23(30)25-13-19-16(2)26-31-27-19)20(11-17-6-3-4-7-17)28(15)14-18-8-5-9-24-12-18/h5,8-10,12,17H,3-4,6-7,11,13-14H2,1-2H3,(H,25,30). The largest absolute Gasteiger partial charge is 0.346 e. The first-order valence-electron chi connectivity index (χ1n) is 10.7. The van der Waals surface area contributed by atoms with Crippen LogP contribution in [-0.2, 0) is 19.5 Å². The van der Waals surface area contributed by atoms with Gasteiger partial charge in [0.2, 0.25) is 0 Å². The van der Waals surface area contributed by atoms with Gasteiger partial charge in [-0.2, -0.15) is 0 Å². The molecule has 162 valence electrons. The van der Waals surface area contributed by atoms with E-state index in [1.54, 1.807) is 19.2 Å². The molecule has 1 fully saturated rings. The van der Waals surface area contributed by atoms with Crippen molar-refractivity contribution in [2.75, 3.05) is 0 Å². The second-order valence-electron chi connectivity index (χ2n) is 8.25. The minimum atomic E-state index is -0.389. The summed E-state index contributed by atoms with van der Waals surface area (Å²) in [5, 5.41) is 10.4. The summed E-state index contributed by atoms with van der Waals surface area (Å²) in [6.07, 6.45) is 8.91. The zero-order chi connectivity index (χ0) is 21.8. The second kappa shape index (κ2) is 9.24. The van der Waals surface area contributed by atoms with Crippen molar-refractivity contribution < 1.29 is 9.42 Å². The maximum absolute atomic E-state index is 13.2. The molecular formula is C23H27N5O3. The normalized spacial score (nSPS) is 14.1. The summed E-state index contributed by atoms with van der Waals surface area (Å²) in [5.41, 5.74) is 3.80. The van der Waals surface area contributed by atoms with Crippen molar-refractivity contribution in [2.24, 2.45) is 5.92 Å². The van der Waals surface area contributed by atoms with Gasteiger partial charge in [-0.15, -0.1) is 0 Å². The van der Waals surface area contributed by atoms with Gasteiger partial charge >= 0.3 is 0 Å². The van der Waals surface area contributed by atoms with Crippen LogP contribution in [0.25, 0.3) is 0 Å². The van der Waals surface area contributed by atoms with Gasteiger partial charge in [0.25, 0.3) is 5.91 Å². The van der Waals surface area contributed by atoms with Gasteiger partial charge < -0.3 is 9.88 Å². The number of nitrogens with one attached hydrogen (secondary N) is 1. The van der Waals surface area contributed by atoms with Crippen LogP contribution in [0.2, 0.25) is 0 Å². The molecule has 3 aromatic heterocycles. The van der Waals surface area contributed by atoms with Gasteiger partial charge in [-0.25, -0.2) is 4.63 Å². The van der Waals surface area contributed by atoms with Crippen LogP contribution in [-0.4, -0.2) is 25.8 Å². The van der Waals surface area contributed by atoms with Crippen LogP contribution in [0.1, 0.15) is 64.4 Å². The molecule has 0 aromatic carbocycles. The number of hydrogen-bond donors (Lipinski definition) is 1. The molecule has 0 radical (unpaired) electrons. The molecule has 0 bridgehead atoms. The van der Waals surface area contributed by atoms with Crippen molar-refractivity contribution in [1.82, 2.24) is 25.2 Å². The lowest BCUT2D eigenvalue weighted by atomic mass is 9.96. The molecule has 31 heavy (non-hydrogen) atoms. The van der Waals surface area contributed by atoms with Crippen molar-refractivity contribution in [3.8, 4) is 0 Å². The Kier molecular flexibility index (Phi) is 6.25. The summed E-state index contributed by atoms with van der Waals surface area (Å²) in [7, 11) is 0. The highest BCUT2D eigenvalue weighted by molar-refractivity contribution is 5.95. The zero-order valence-corrected chi connectivity index (χ0v) is 17.9. The molecule has 0 atom stereocenters. The Morgan fingerprint density at radius 3 is 2.74 bits per heavy atom. The van der Waals surface area contributed by atoms with Crippen LogP contribution in [0.15, 0.2) is 40.0 Å². The lowest BCUT2D eigenvalue weighted by Crippen LogP contribution is -2.33. The number of amides is 1. The van der Waals surface area contributed by atoms with Gasteiger partial charge in [-0.3, -0.25) is 14.6 Å².